The second-order valence-electron chi connectivity index (χ2n) is 8.66. The van der Waals surface area contributed by atoms with E-state index in [4.69, 9.17) is 15.0 Å². The van der Waals surface area contributed by atoms with Gasteiger partial charge in [0.05, 0.1) is 11.0 Å². The highest BCUT2D eigenvalue weighted by molar-refractivity contribution is 6.05. The molecule has 0 saturated heterocycles. The average molecular weight is 412 g/mol. The summed E-state index contributed by atoms with van der Waals surface area (Å²) in [5.74, 6) is 1.03. The molecule has 0 N–H and O–H groups in total. The van der Waals surface area contributed by atoms with Gasteiger partial charge in [-0.1, -0.05) is 32.0 Å². The second kappa shape index (κ2) is 7.01. The molecule has 6 nitrogen and oxygen atoms in total. The first kappa shape index (κ1) is 19.4. The Morgan fingerprint density at radius 1 is 0.871 bits per heavy atom. The number of rotatable bonds is 3. The van der Waals surface area contributed by atoms with Crippen LogP contribution in [0.4, 0.5) is 0 Å². The number of aromatic nitrogens is 5. The van der Waals surface area contributed by atoms with E-state index in [-0.39, 0.29) is 5.56 Å². The number of para-hydroxylation sites is 2. The van der Waals surface area contributed by atoms with Crippen molar-refractivity contribution in [3.63, 3.8) is 0 Å². The van der Waals surface area contributed by atoms with E-state index in [1.54, 1.807) is 4.57 Å². The molecule has 3 heterocycles. The number of nitrogens with zero attached hydrogens (tertiary/aromatic N) is 5. The predicted molar refractivity (Wildman–Crippen MR) is 125 cm³/mol. The largest absolute Gasteiger partial charge is 0.296 e. The van der Waals surface area contributed by atoms with E-state index in [0.717, 1.165) is 16.7 Å². The molecule has 3 aromatic heterocycles. The Labute approximate surface area is 180 Å². The third kappa shape index (κ3) is 3.02. The number of hydrogen-bond donors (Lipinski definition) is 0. The van der Waals surface area contributed by atoms with Gasteiger partial charge in [0.1, 0.15) is 16.7 Å². The summed E-state index contributed by atoms with van der Waals surface area (Å²) in [4.78, 5) is 28.3. The van der Waals surface area contributed by atoms with E-state index in [1.165, 1.54) is 11.1 Å². The molecule has 0 saturated carbocycles. The van der Waals surface area contributed by atoms with E-state index >= 15 is 0 Å². The first-order valence-electron chi connectivity index (χ1n) is 10.6. The van der Waals surface area contributed by atoms with Gasteiger partial charge >= 0.3 is 0 Å². The summed E-state index contributed by atoms with van der Waals surface area (Å²) < 4.78 is 3.73. The fourth-order valence-electron chi connectivity index (χ4n) is 4.12. The zero-order chi connectivity index (χ0) is 21.9. The highest BCUT2D eigenvalue weighted by Crippen LogP contribution is 2.29. The molecule has 0 aliphatic carbocycles. The Morgan fingerprint density at radius 3 is 2.26 bits per heavy atom. The van der Waals surface area contributed by atoms with Crippen LogP contribution in [0.15, 0.2) is 47.3 Å². The van der Waals surface area contributed by atoms with Crippen molar-refractivity contribution in [2.45, 2.75) is 41.2 Å². The molecule has 2 aromatic carbocycles. The molecule has 0 spiro atoms. The van der Waals surface area contributed by atoms with Gasteiger partial charge in [0.15, 0.2) is 11.3 Å². The van der Waals surface area contributed by atoms with Gasteiger partial charge in [-0.3, -0.25) is 13.9 Å². The second-order valence-corrected chi connectivity index (χ2v) is 8.66. The molecule has 0 fully saturated rings. The molecule has 0 unspecified atom stereocenters. The van der Waals surface area contributed by atoms with Gasteiger partial charge in [-0.2, -0.15) is 0 Å². The normalized spacial score (nSPS) is 11.9. The van der Waals surface area contributed by atoms with Crippen molar-refractivity contribution >= 4 is 33.2 Å². The molecule has 5 rings (SSSR count). The summed E-state index contributed by atoms with van der Waals surface area (Å²) >= 11 is 0. The molecule has 6 heteroatoms. The van der Waals surface area contributed by atoms with Crippen LogP contribution in [0.25, 0.3) is 38.9 Å². The van der Waals surface area contributed by atoms with Crippen LogP contribution in [0, 0.1) is 26.7 Å². The van der Waals surface area contributed by atoms with Crippen molar-refractivity contribution in [3.8, 4) is 5.69 Å². The zero-order valence-corrected chi connectivity index (χ0v) is 18.5. The summed E-state index contributed by atoms with van der Waals surface area (Å²) in [6, 6.07) is 14.0. The summed E-state index contributed by atoms with van der Waals surface area (Å²) in [7, 11) is 0. The topological polar surface area (TPSA) is 65.6 Å². The molecular formula is C25H25N5O. The lowest BCUT2D eigenvalue weighted by molar-refractivity contribution is 0.498. The number of aryl methyl sites for hydroxylation is 3. The minimum absolute atomic E-state index is 0.0617. The lowest BCUT2D eigenvalue weighted by atomic mass is 10.1. The standard InChI is InChI=1S/C25H25N5O/c1-14(2)13-29-17(5)26-23-21(25(29)31)22-24(28-20-9-7-6-8-19(20)27-22)30(23)18-11-10-15(3)16(4)12-18/h6-12,14H,13H2,1-5H3. The molecule has 0 radical (unpaired) electrons. The van der Waals surface area contributed by atoms with Gasteiger partial charge in [0.25, 0.3) is 5.56 Å². The average Bonchev–Trinajstić information content (AvgIpc) is 3.04. The Hall–Kier alpha value is -3.54. The fraction of sp³-hybridized carbons (Fsp3) is 0.280. The quantitative estimate of drug-likeness (QED) is 0.425. The SMILES string of the molecule is Cc1ccc(-n2c3nc4ccccc4nc3c3c(=O)n(CC(C)C)c(C)nc32)cc1C. The summed E-state index contributed by atoms with van der Waals surface area (Å²) in [6.45, 7) is 10.9. The predicted octanol–water partition coefficient (Wildman–Crippen LogP) is 4.86. The molecule has 0 aliphatic rings. The third-order valence-corrected chi connectivity index (χ3v) is 5.85. The van der Waals surface area contributed by atoms with E-state index in [2.05, 4.69) is 45.9 Å². The lowest BCUT2D eigenvalue weighted by Gasteiger charge is -2.13. The van der Waals surface area contributed by atoms with Crippen LogP contribution in [-0.2, 0) is 6.54 Å². The third-order valence-electron chi connectivity index (χ3n) is 5.85. The molecule has 0 aliphatic heterocycles. The minimum Gasteiger partial charge on any atom is -0.296 e. The maximum absolute atomic E-state index is 13.6. The van der Waals surface area contributed by atoms with Gasteiger partial charge in [-0.15, -0.1) is 0 Å². The molecule has 0 bridgehead atoms. The Kier molecular flexibility index (Phi) is 4.39. The van der Waals surface area contributed by atoms with Gasteiger partial charge in [0, 0.05) is 12.2 Å². The zero-order valence-electron chi connectivity index (χ0n) is 18.5. The van der Waals surface area contributed by atoms with E-state index in [1.807, 2.05) is 35.8 Å². The van der Waals surface area contributed by atoms with Gasteiger partial charge in [-0.25, -0.2) is 15.0 Å². The number of fused-ring (bicyclic) bond motifs is 4. The van der Waals surface area contributed by atoms with Crippen LogP contribution in [0.5, 0.6) is 0 Å². The minimum atomic E-state index is -0.0617. The fourth-order valence-corrected chi connectivity index (χ4v) is 4.12. The highest BCUT2D eigenvalue weighted by atomic mass is 16.1. The van der Waals surface area contributed by atoms with E-state index in [9.17, 15) is 4.79 Å². The van der Waals surface area contributed by atoms with Crippen molar-refractivity contribution in [1.29, 1.82) is 0 Å². The van der Waals surface area contributed by atoms with Gasteiger partial charge in [-0.05, 0) is 62.1 Å². The summed E-state index contributed by atoms with van der Waals surface area (Å²) in [5.41, 5.74) is 6.68. The maximum Gasteiger partial charge on any atom is 0.265 e. The van der Waals surface area contributed by atoms with Crippen molar-refractivity contribution in [2.24, 2.45) is 5.92 Å². The summed E-state index contributed by atoms with van der Waals surface area (Å²) in [5, 5.41) is 0.526. The first-order chi connectivity index (χ1) is 14.8. The Balaban J connectivity index is 1.99. The molecule has 31 heavy (non-hydrogen) atoms. The van der Waals surface area contributed by atoms with Crippen LogP contribution in [0.1, 0.15) is 30.8 Å². The van der Waals surface area contributed by atoms with Crippen molar-refractivity contribution in [1.82, 2.24) is 24.1 Å². The van der Waals surface area contributed by atoms with Crippen LogP contribution in [-0.4, -0.2) is 24.1 Å². The maximum atomic E-state index is 13.6. The lowest BCUT2D eigenvalue weighted by Crippen LogP contribution is -2.26. The Morgan fingerprint density at radius 2 is 1.58 bits per heavy atom. The number of hydrogen-bond acceptors (Lipinski definition) is 4. The number of benzene rings is 2. The van der Waals surface area contributed by atoms with Gasteiger partial charge in [0.2, 0.25) is 0 Å². The van der Waals surface area contributed by atoms with Crippen LogP contribution in [0.2, 0.25) is 0 Å². The molecule has 156 valence electrons. The molecule has 0 amide bonds. The smallest absolute Gasteiger partial charge is 0.265 e. The summed E-state index contributed by atoms with van der Waals surface area (Å²) in [6.07, 6.45) is 0. The van der Waals surface area contributed by atoms with Crippen LogP contribution >= 0.6 is 0 Å². The van der Waals surface area contributed by atoms with Gasteiger partial charge < -0.3 is 0 Å². The molecule has 5 aromatic rings. The van der Waals surface area contributed by atoms with E-state index in [0.29, 0.717) is 40.5 Å². The monoisotopic (exact) mass is 411 g/mol. The van der Waals surface area contributed by atoms with Crippen LogP contribution < -0.4 is 5.56 Å². The highest BCUT2D eigenvalue weighted by Gasteiger charge is 2.22. The van der Waals surface area contributed by atoms with Crippen molar-refractivity contribution < 1.29 is 0 Å². The molecular weight excluding hydrogens is 386 g/mol. The Bertz CT molecular complexity index is 1540. The van der Waals surface area contributed by atoms with Crippen LogP contribution in [0.3, 0.4) is 0 Å². The van der Waals surface area contributed by atoms with Crippen molar-refractivity contribution in [3.05, 3.63) is 69.8 Å². The van der Waals surface area contributed by atoms with E-state index < -0.39 is 0 Å². The first-order valence-corrected chi connectivity index (χ1v) is 10.6. The van der Waals surface area contributed by atoms with Crippen molar-refractivity contribution in [2.75, 3.05) is 0 Å². The molecule has 0 atom stereocenters.